The van der Waals surface area contributed by atoms with E-state index in [1.807, 2.05) is 0 Å². The highest BCUT2D eigenvalue weighted by Gasteiger charge is 2.33. The number of anilines is 1. The van der Waals surface area contributed by atoms with Gasteiger partial charge in [-0.05, 0) is 43.7 Å². The third-order valence-electron chi connectivity index (χ3n) is 4.96. The largest absolute Gasteiger partial charge is 0.416 e. The Morgan fingerprint density at radius 2 is 1.76 bits per heavy atom. The minimum atomic E-state index is -4.70. The van der Waals surface area contributed by atoms with E-state index in [2.05, 4.69) is 5.32 Å². The number of alkyl halides is 3. The van der Waals surface area contributed by atoms with Gasteiger partial charge in [-0.2, -0.15) is 13.2 Å². The summed E-state index contributed by atoms with van der Waals surface area (Å²) in [5, 5.41) is 2.93. The molecular formula is C22H25ClF3N3O4S. The molecule has 7 nitrogen and oxygen atoms in total. The van der Waals surface area contributed by atoms with Crippen molar-refractivity contribution in [1.29, 1.82) is 0 Å². The van der Waals surface area contributed by atoms with Crippen LogP contribution in [0.1, 0.15) is 25.0 Å². The fourth-order valence-electron chi connectivity index (χ4n) is 3.17. The Balaban J connectivity index is 2.45. The molecule has 0 saturated heterocycles. The second-order valence-electron chi connectivity index (χ2n) is 7.50. The van der Waals surface area contributed by atoms with Gasteiger partial charge in [-0.15, -0.1) is 0 Å². The van der Waals surface area contributed by atoms with E-state index >= 15 is 0 Å². The molecule has 34 heavy (non-hydrogen) atoms. The van der Waals surface area contributed by atoms with E-state index in [9.17, 15) is 31.2 Å². The van der Waals surface area contributed by atoms with Crippen molar-refractivity contribution in [2.24, 2.45) is 0 Å². The first-order chi connectivity index (χ1) is 15.8. The summed E-state index contributed by atoms with van der Waals surface area (Å²) in [5.41, 5.74) is -0.873. The van der Waals surface area contributed by atoms with Crippen molar-refractivity contribution in [3.63, 3.8) is 0 Å². The lowest BCUT2D eigenvalue weighted by Gasteiger charge is -2.31. The third-order valence-corrected chi connectivity index (χ3v) is 6.47. The van der Waals surface area contributed by atoms with E-state index in [1.54, 1.807) is 31.2 Å². The van der Waals surface area contributed by atoms with Gasteiger partial charge in [-0.1, -0.05) is 35.9 Å². The first-order valence-electron chi connectivity index (χ1n) is 10.2. The van der Waals surface area contributed by atoms with Crippen LogP contribution in [0, 0.1) is 0 Å². The van der Waals surface area contributed by atoms with Crippen LogP contribution < -0.4 is 9.62 Å². The van der Waals surface area contributed by atoms with Gasteiger partial charge in [0.15, 0.2) is 0 Å². The first-order valence-corrected chi connectivity index (χ1v) is 12.4. The zero-order chi connectivity index (χ0) is 25.7. The van der Waals surface area contributed by atoms with Crippen LogP contribution in [-0.2, 0) is 32.3 Å². The summed E-state index contributed by atoms with van der Waals surface area (Å²) in [4.78, 5) is 26.9. The van der Waals surface area contributed by atoms with Crippen molar-refractivity contribution in [1.82, 2.24) is 10.2 Å². The minimum Gasteiger partial charge on any atom is -0.355 e. The Morgan fingerprint density at radius 1 is 1.12 bits per heavy atom. The van der Waals surface area contributed by atoms with Gasteiger partial charge in [0, 0.05) is 18.1 Å². The molecule has 0 aliphatic rings. The topological polar surface area (TPSA) is 86.8 Å². The maximum Gasteiger partial charge on any atom is 0.416 e. The van der Waals surface area contributed by atoms with Crippen molar-refractivity contribution < 1.29 is 31.2 Å². The van der Waals surface area contributed by atoms with Crippen LogP contribution in [-0.4, -0.2) is 50.5 Å². The fraction of sp³-hybridized carbons (Fsp3) is 0.364. The maximum atomic E-state index is 13.3. The van der Waals surface area contributed by atoms with Gasteiger partial charge in [0.2, 0.25) is 21.8 Å². The zero-order valence-corrected chi connectivity index (χ0v) is 20.3. The number of nitrogens with one attached hydrogen (secondary N) is 1. The Kier molecular flexibility index (Phi) is 8.96. The summed E-state index contributed by atoms with van der Waals surface area (Å²) < 4.78 is 65.0. The molecule has 2 rings (SSSR count). The normalized spacial score (nSPS) is 12.7. The standard InChI is InChI=1S/C22H25ClF3N3O4S/c1-4-27-21(31)15(2)28(13-16-8-5-6-11-19(16)23)20(30)14-29(34(3,32)33)18-10-7-9-17(12-18)22(24,25)26/h5-12,15H,4,13-14H2,1-3H3,(H,27,31)/t15-/m0/s1. The monoisotopic (exact) mass is 519 g/mol. The van der Waals surface area contributed by atoms with Gasteiger partial charge in [0.25, 0.3) is 0 Å². The van der Waals surface area contributed by atoms with Gasteiger partial charge in [-0.25, -0.2) is 8.42 Å². The van der Waals surface area contributed by atoms with E-state index in [0.717, 1.165) is 29.4 Å². The number of carbonyl (C=O) groups is 2. The number of amides is 2. The van der Waals surface area contributed by atoms with Crippen LogP contribution in [0.3, 0.4) is 0 Å². The fourth-order valence-corrected chi connectivity index (χ4v) is 4.20. The predicted molar refractivity (Wildman–Crippen MR) is 124 cm³/mol. The van der Waals surface area contributed by atoms with E-state index in [1.165, 1.54) is 6.92 Å². The number of benzene rings is 2. The number of sulfonamides is 1. The molecule has 0 aliphatic carbocycles. The smallest absolute Gasteiger partial charge is 0.355 e. The molecule has 0 saturated carbocycles. The second-order valence-corrected chi connectivity index (χ2v) is 9.82. The molecule has 2 aromatic rings. The number of halogens is 4. The first kappa shape index (κ1) is 27.5. The molecule has 0 spiro atoms. The molecule has 2 amide bonds. The van der Waals surface area contributed by atoms with Gasteiger partial charge < -0.3 is 10.2 Å². The molecule has 0 aromatic heterocycles. The number of nitrogens with zero attached hydrogens (tertiary/aromatic N) is 2. The van der Waals surface area contributed by atoms with Crippen LogP contribution >= 0.6 is 11.6 Å². The second kappa shape index (κ2) is 11.1. The summed E-state index contributed by atoms with van der Waals surface area (Å²) in [5.74, 6) is -1.27. The highest BCUT2D eigenvalue weighted by atomic mass is 35.5. The molecule has 0 fully saturated rings. The number of hydrogen-bond donors (Lipinski definition) is 1. The highest BCUT2D eigenvalue weighted by molar-refractivity contribution is 7.92. The lowest BCUT2D eigenvalue weighted by Crippen LogP contribution is -2.51. The average Bonchev–Trinajstić information content (AvgIpc) is 2.75. The average molecular weight is 520 g/mol. The quantitative estimate of drug-likeness (QED) is 0.547. The molecule has 12 heteroatoms. The van der Waals surface area contributed by atoms with Gasteiger partial charge in [-0.3, -0.25) is 13.9 Å². The van der Waals surface area contributed by atoms with E-state index < -0.39 is 46.2 Å². The van der Waals surface area contributed by atoms with Crippen LogP contribution in [0.5, 0.6) is 0 Å². The molecule has 0 radical (unpaired) electrons. The van der Waals surface area contributed by atoms with E-state index in [0.29, 0.717) is 27.5 Å². The summed E-state index contributed by atoms with van der Waals surface area (Å²) in [6.07, 6.45) is -3.92. The van der Waals surface area contributed by atoms with Crippen molar-refractivity contribution in [3.05, 3.63) is 64.7 Å². The molecule has 0 aliphatic heterocycles. The molecule has 2 aromatic carbocycles. The number of hydrogen-bond acceptors (Lipinski definition) is 4. The molecule has 1 N–H and O–H groups in total. The van der Waals surface area contributed by atoms with Crippen molar-refractivity contribution in [2.75, 3.05) is 23.7 Å². The summed E-state index contributed by atoms with van der Waals surface area (Å²) in [7, 11) is -4.15. The Labute approximate surface area is 201 Å². The Hall–Kier alpha value is -2.79. The number of carbonyl (C=O) groups excluding carboxylic acids is 2. The molecule has 0 heterocycles. The van der Waals surface area contributed by atoms with Crippen molar-refractivity contribution >= 4 is 39.1 Å². The van der Waals surface area contributed by atoms with Crippen molar-refractivity contribution in [2.45, 2.75) is 32.6 Å². The summed E-state index contributed by atoms with van der Waals surface area (Å²) >= 11 is 6.20. The van der Waals surface area contributed by atoms with Gasteiger partial charge in [0.1, 0.15) is 12.6 Å². The molecular weight excluding hydrogens is 495 g/mol. The minimum absolute atomic E-state index is 0.114. The summed E-state index contributed by atoms with van der Waals surface area (Å²) in [6.45, 7) is 2.54. The molecule has 0 bridgehead atoms. The van der Waals surface area contributed by atoms with Crippen LogP contribution in [0.25, 0.3) is 0 Å². The van der Waals surface area contributed by atoms with Gasteiger partial charge >= 0.3 is 6.18 Å². The van der Waals surface area contributed by atoms with E-state index in [-0.39, 0.29) is 12.2 Å². The Bertz CT molecular complexity index is 1140. The number of likely N-dealkylation sites (N-methyl/N-ethyl adjacent to an activating group) is 1. The Morgan fingerprint density at radius 3 is 2.32 bits per heavy atom. The maximum absolute atomic E-state index is 13.3. The van der Waals surface area contributed by atoms with Crippen LogP contribution in [0.4, 0.5) is 18.9 Å². The lowest BCUT2D eigenvalue weighted by atomic mass is 10.1. The lowest BCUT2D eigenvalue weighted by molar-refractivity contribution is -0.139. The van der Waals surface area contributed by atoms with Gasteiger partial charge in [0.05, 0.1) is 17.5 Å². The summed E-state index contributed by atoms with van der Waals surface area (Å²) in [6, 6.07) is 9.28. The zero-order valence-electron chi connectivity index (χ0n) is 18.8. The van der Waals surface area contributed by atoms with Crippen molar-refractivity contribution in [3.8, 4) is 0 Å². The molecule has 1 atom stereocenters. The van der Waals surface area contributed by atoms with E-state index in [4.69, 9.17) is 11.6 Å². The van der Waals surface area contributed by atoms with Crippen LogP contribution in [0.15, 0.2) is 48.5 Å². The number of rotatable bonds is 9. The predicted octanol–water partition coefficient (Wildman–Crippen LogP) is 3.68. The molecule has 186 valence electrons. The highest BCUT2D eigenvalue weighted by Crippen LogP contribution is 2.32. The van der Waals surface area contributed by atoms with Crippen LogP contribution in [0.2, 0.25) is 5.02 Å². The SMILES string of the molecule is CCNC(=O)[C@H](C)N(Cc1ccccc1Cl)C(=O)CN(c1cccc(C(F)(F)F)c1)S(C)(=O)=O. The third kappa shape index (κ3) is 7.10. The molecule has 0 unspecified atom stereocenters.